The summed E-state index contributed by atoms with van der Waals surface area (Å²) in [6, 6.07) is 13.2. The highest BCUT2D eigenvalue weighted by Crippen LogP contribution is 2.23. The second-order valence-electron chi connectivity index (χ2n) is 5.56. The lowest BCUT2D eigenvalue weighted by molar-refractivity contribution is -0.116. The molecule has 1 aliphatic rings. The maximum atomic E-state index is 13.1. The van der Waals surface area contributed by atoms with Crippen molar-refractivity contribution in [2.24, 2.45) is 0 Å². The predicted molar refractivity (Wildman–Crippen MR) is 95.3 cm³/mol. The summed E-state index contributed by atoms with van der Waals surface area (Å²) >= 11 is 1.87. The molecule has 126 valence electrons. The first-order valence-corrected chi connectivity index (χ1v) is 8.99. The molecule has 4 nitrogen and oxygen atoms in total. The van der Waals surface area contributed by atoms with Crippen molar-refractivity contribution in [3.05, 3.63) is 54.3 Å². The number of anilines is 1. The molecule has 0 radical (unpaired) electrons. The zero-order chi connectivity index (χ0) is 16.8. The van der Waals surface area contributed by atoms with Crippen molar-refractivity contribution in [3.8, 4) is 11.5 Å². The van der Waals surface area contributed by atoms with E-state index in [1.165, 1.54) is 12.1 Å². The van der Waals surface area contributed by atoms with Crippen LogP contribution in [0.4, 0.5) is 10.1 Å². The molecule has 0 aliphatic carbocycles. The summed E-state index contributed by atoms with van der Waals surface area (Å²) in [5, 5.41) is 6.23. The topological polar surface area (TPSA) is 50.4 Å². The predicted octanol–water partition coefficient (Wildman–Crippen LogP) is 3.65. The molecule has 1 saturated heterocycles. The first-order chi connectivity index (χ1) is 11.7. The van der Waals surface area contributed by atoms with Crippen LogP contribution in [0.5, 0.6) is 11.5 Å². The van der Waals surface area contributed by atoms with Gasteiger partial charge < -0.3 is 15.4 Å². The Balaban J connectivity index is 1.53. The van der Waals surface area contributed by atoms with Gasteiger partial charge in [0, 0.05) is 42.3 Å². The minimum Gasteiger partial charge on any atom is -0.457 e. The van der Waals surface area contributed by atoms with Gasteiger partial charge in [-0.05, 0) is 36.4 Å². The van der Waals surface area contributed by atoms with E-state index in [1.807, 2.05) is 11.8 Å². The van der Waals surface area contributed by atoms with E-state index in [0.717, 1.165) is 23.7 Å². The van der Waals surface area contributed by atoms with Gasteiger partial charge in [-0.15, -0.1) is 0 Å². The first-order valence-electron chi connectivity index (χ1n) is 7.83. The van der Waals surface area contributed by atoms with Crippen LogP contribution in [0.1, 0.15) is 6.42 Å². The SMILES string of the molecule is O=C(CC1CSCCN1)Nc1ccc(Oc2cccc(F)c2)cc1. The van der Waals surface area contributed by atoms with E-state index in [9.17, 15) is 9.18 Å². The van der Waals surface area contributed by atoms with E-state index in [4.69, 9.17) is 4.74 Å². The number of halogens is 1. The minimum atomic E-state index is -0.342. The average Bonchev–Trinajstić information content (AvgIpc) is 2.57. The van der Waals surface area contributed by atoms with Crippen molar-refractivity contribution in [1.29, 1.82) is 0 Å². The number of carbonyl (C=O) groups is 1. The number of hydrogen-bond acceptors (Lipinski definition) is 4. The van der Waals surface area contributed by atoms with Gasteiger partial charge in [-0.3, -0.25) is 4.79 Å². The second-order valence-corrected chi connectivity index (χ2v) is 6.71. The zero-order valence-electron chi connectivity index (χ0n) is 13.1. The number of benzene rings is 2. The lowest BCUT2D eigenvalue weighted by Crippen LogP contribution is -2.39. The third-order valence-electron chi connectivity index (χ3n) is 3.60. The van der Waals surface area contributed by atoms with Gasteiger partial charge in [-0.1, -0.05) is 6.07 Å². The Bertz CT molecular complexity index is 688. The van der Waals surface area contributed by atoms with Crippen LogP contribution < -0.4 is 15.4 Å². The Morgan fingerprint density at radius 3 is 2.79 bits per heavy atom. The number of rotatable bonds is 5. The Kier molecular flexibility index (Phi) is 5.72. The van der Waals surface area contributed by atoms with Crippen LogP contribution in [-0.4, -0.2) is 30.0 Å². The second kappa shape index (κ2) is 8.17. The molecule has 6 heteroatoms. The standard InChI is InChI=1S/C18H19FN2O2S/c19-13-2-1-3-17(10-13)23-16-6-4-14(5-7-16)21-18(22)11-15-12-24-9-8-20-15/h1-7,10,15,20H,8-9,11-12H2,(H,21,22). The fourth-order valence-corrected chi connectivity index (χ4v) is 3.41. The monoisotopic (exact) mass is 346 g/mol. The van der Waals surface area contributed by atoms with Crippen molar-refractivity contribution < 1.29 is 13.9 Å². The summed E-state index contributed by atoms with van der Waals surface area (Å²) in [5.41, 5.74) is 0.718. The molecule has 2 aromatic rings. The maximum Gasteiger partial charge on any atom is 0.225 e. The Morgan fingerprint density at radius 2 is 2.08 bits per heavy atom. The summed E-state index contributed by atoms with van der Waals surface area (Å²) in [5.74, 6) is 2.75. The lowest BCUT2D eigenvalue weighted by atomic mass is 10.2. The smallest absolute Gasteiger partial charge is 0.225 e. The summed E-state index contributed by atoms with van der Waals surface area (Å²) < 4.78 is 18.7. The van der Waals surface area contributed by atoms with Gasteiger partial charge >= 0.3 is 0 Å². The average molecular weight is 346 g/mol. The Hall–Kier alpha value is -2.05. The van der Waals surface area contributed by atoms with Gasteiger partial charge in [0.2, 0.25) is 5.91 Å². The molecule has 0 aromatic heterocycles. The number of thioether (sulfide) groups is 1. The third kappa shape index (κ3) is 4.97. The Labute approximate surface area is 144 Å². The van der Waals surface area contributed by atoms with Crippen molar-refractivity contribution in [3.63, 3.8) is 0 Å². The van der Waals surface area contributed by atoms with Gasteiger partial charge in [0.05, 0.1) is 0 Å². The van der Waals surface area contributed by atoms with Crippen LogP contribution in [0, 0.1) is 5.82 Å². The largest absolute Gasteiger partial charge is 0.457 e. The molecule has 1 unspecified atom stereocenters. The van der Waals surface area contributed by atoms with Crippen molar-refractivity contribution in [2.45, 2.75) is 12.5 Å². The van der Waals surface area contributed by atoms with Crippen LogP contribution in [0.25, 0.3) is 0 Å². The van der Waals surface area contributed by atoms with E-state index in [0.29, 0.717) is 17.9 Å². The number of nitrogens with one attached hydrogen (secondary N) is 2. The summed E-state index contributed by atoms with van der Waals surface area (Å²) in [6.45, 7) is 0.953. The van der Waals surface area contributed by atoms with Crippen LogP contribution in [0.2, 0.25) is 0 Å². The first kappa shape index (κ1) is 16.8. The van der Waals surface area contributed by atoms with Crippen molar-refractivity contribution >= 4 is 23.4 Å². The molecular weight excluding hydrogens is 327 g/mol. The molecule has 0 bridgehead atoms. The normalized spacial score (nSPS) is 17.3. The van der Waals surface area contributed by atoms with Crippen LogP contribution >= 0.6 is 11.8 Å². The molecule has 24 heavy (non-hydrogen) atoms. The van der Waals surface area contributed by atoms with Crippen molar-refractivity contribution in [1.82, 2.24) is 5.32 Å². The van der Waals surface area contributed by atoms with E-state index in [2.05, 4.69) is 10.6 Å². The molecule has 3 rings (SSSR count). The highest BCUT2D eigenvalue weighted by atomic mass is 32.2. The minimum absolute atomic E-state index is 0.00574. The van der Waals surface area contributed by atoms with Gasteiger partial charge in [0.1, 0.15) is 17.3 Å². The van der Waals surface area contributed by atoms with Crippen LogP contribution in [-0.2, 0) is 4.79 Å². The third-order valence-corrected chi connectivity index (χ3v) is 4.73. The molecule has 1 heterocycles. The molecule has 1 amide bonds. The summed E-state index contributed by atoms with van der Waals surface area (Å²) in [7, 11) is 0. The molecule has 0 saturated carbocycles. The van der Waals surface area contributed by atoms with Crippen molar-refractivity contribution in [2.75, 3.05) is 23.4 Å². The number of carbonyl (C=O) groups excluding carboxylic acids is 1. The fraction of sp³-hybridized carbons (Fsp3) is 0.278. The number of amides is 1. The number of hydrogen-bond donors (Lipinski definition) is 2. The van der Waals surface area contributed by atoms with E-state index in [1.54, 1.807) is 36.4 Å². The van der Waals surface area contributed by atoms with Gasteiger partial charge in [-0.2, -0.15) is 11.8 Å². The molecule has 0 spiro atoms. The van der Waals surface area contributed by atoms with E-state index in [-0.39, 0.29) is 17.8 Å². The van der Waals surface area contributed by atoms with Crippen LogP contribution in [0.3, 0.4) is 0 Å². The molecule has 1 aliphatic heterocycles. The molecule has 2 N–H and O–H groups in total. The molecular formula is C18H19FN2O2S. The highest BCUT2D eigenvalue weighted by molar-refractivity contribution is 7.99. The summed E-state index contributed by atoms with van der Waals surface area (Å²) in [6.07, 6.45) is 0.467. The summed E-state index contributed by atoms with van der Waals surface area (Å²) in [4.78, 5) is 12.1. The lowest BCUT2D eigenvalue weighted by Gasteiger charge is -2.22. The number of ether oxygens (including phenoxy) is 1. The van der Waals surface area contributed by atoms with E-state index >= 15 is 0 Å². The Morgan fingerprint density at radius 1 is 1.25 bits per heavy atom. The van der Waals surface area contributed by atoms with Gasteiger partial charge in [0.25, 0.3) is 0 Å². The van der Waals surface area contributed by atoms with Gasteiger partial charge in [-0.25, -0.2) is 4.39 Å². The zero-order valence-corrected chi connectivity index (χ0v) is 13.9. The molecule has 1 atom stereocenters. The molecule has 1 fully saturated rings. The van der Waals surface area contributed by atoms with E-state index < -0.39 is 0 Å². The molecule has 2 aromatic carbocycles. The maximum absolute atomic E-state index is 13.1. The quantitative estimate of drug-likeness (QED) is 0.868. The highest BCUT2D eigenvalue weighted by Gasteiger charge is 2.16. The van der Waals surface area contributed by atoms with Gasteiger partial charge in [0.15, 0.2) is 0 Å². The van der Waals surface area contributed by atoms with Crippen LogP contribution in [0.15, 0.2) is 48.5 Å². The fourth-order valence-electron chi connectivity index (χ4n) is 2.46.